The van der Waals surface area contributed by atoms with Crippen molar-refractivity contribution in [1.29, 1.82) is 0 Å². The van der Waals surface area contributed by atoms with Crippen LogP contribution in [0.5, 0.6) is 0 Å². The van der Waals surface area contributed by atoms with E-state index in [0.717, 1.165) is 19.3 Å². The predicted molar refractivity (Wildman–Crippen MR) is 119 cm³/mol. The smallest absolute Gasteiger partial charge is 0.345 e. The standard InChI is InChI=1S/C23H29F4N5O3/c1-3-14-7-4-5-10-32(14)19(34)11-17(29-18(33)12-23(25,26)27)22(35)28-13(2)21-30-16-9-6-8-15(24)20(16)31-21/h6,8-9,13-14,17H,3-5,7,10-12H2,1-2H3,(H,28,35)(H,29,33)(H,30,31)/t13-,14-,17-/m0/s1. The van der Waals surface area contributed by atoms with Gasteiger partial charge in [0.25, 0.3) is 0 Å². The second kappa shape index (κ2) is 11.0. The van der Waals surface area contributed by atoms with Gasteiger partial charge in [0, 0.05) is 12.6 Å². The Hall–Kier alpha value is -3.18. The van der Waals surface area contributed by atoms with Crippen LogP contribution >= 0.6 is 0 Å². The van der Waals surface area contributed by atoms with Crippen LogP contribution in [0.15, 0.2) is 18.2 Å². The molecule has 1 fully saturated rings. The fourth-order valence-electron chi connectivity index (χ4n) is 4.29. The van der Waals surface area contributed by atoms with Crippen molar-refractivity contribution >= 4 is 28.8 Å². The first kappa shape index (κ1) is 26.4. The molecular formula is C23H29F4N5O3. The third-order valence-electron chi connectivity index (χ3n) is 6.06. The number of rotatable bonds is 8. The van der Waals surface area contributed by atoms with Gasteiger partial charge in [-0.2, -0.15) is 13.2 Å². The van der Waals surface area contributed by atoms with Crippen LogP contribution in [0.4, 0.5) is 17.6 Å². The molecule has 192 valence electrons. The third kappa shape index (κ3) is 6.92. The molecule has 0 radical (unpaired) electrons. The molecule has 3 amide bonds. The molecule has 1 aliphatic heterocycles. The summed E-state index contributed by atoms with van der Waals surface area (Å²) in [5.41, 5.74) is 0.478. The minimum atomic E-state index is -4.76. The summed E-state index contributed by atoms with van der Waals surface area (Å²) in [4.78, 5) is 46.6. The molecule has 1 aromatic heterocycles. The number of carbonyl (C=O) groups is 3. The molecule has 1 saturated heterocycles. The number of piperidine rings is 1. The van der Waals surface area contributed by atoms with Crippen molar-refractivity contribution in [2.24, 2.45) is 0 Å². The molecule has 3 N–H and O–H groups in total. The first-order valence-electron chi connectivity index (χ1n) is 11.6. The van der Waals surface area contributed by atoms with Crippen LogP contribution in [0.3, 0.4) is 0 Å². The number of nitrogens with one attached hydrogen (secondary N) is 3. The van der Waals surface area contributed by atoms with Crippen molar-refractivity contribution in [3.05, 3.63) is 29.8 Å². The summed E-state index contributed by atoms with van der Waals surface area (Å²) in [6.45, 7) is 3.97. The lowest BCUT2D eigenvalue weighted by Crippen LogP contribution is -2.52. The van der Waals surface area contributed by atoms with Gasteiger partial charge >= 0.3 is 6.18 Å². The second-order valence-electron chi connectivity index (χ2n) is 8.75. The van der Waals surface area contributed by atoms with Gasteiger partial charge in [-0.05, 0) is 44.7 Å². The average Bonchev–Trinajstić information content (AvgIpc) is 3.23. The van der Waals surface area contributed by atoms with Gasteiger partial charge in [-0.1, -0.05) is 13.0 Å². The Labute approximate surface area is 199 Å². The highest BCUT2D eigenvalue weighted by Crippen LogP contribution is 2.23. The Bertz CT molecular complexity index is 1070. The number of hydrogen-bond acceptors (Lipinski definition) is 4. The lowest BCUT2D eigenvalue weighted by Gasteiger charge is -2.36. The van der Waals surface area contributed by atoms with Crippen molar-refractivity contribution in [3.63, 3.8) is 0 Å². The van der Waals surface area contributed by atoms with E-state index < -0.39 is 54.6 Å². The Morgan fingerprint density at radius 3 is 2.63 bits per heavy atom. The van der Waals surface area contributed by atoms with E-state index in [1.807, 2.05) is 6.92 Å². The fourth-order valence-corrected chi connectivity index (χ4v) is 4.29. The van der Waals surface area contributed by atoms with Crippen LogP contribution in [0.25, 0.3) is 11.0 Å². The van der Waals surface area contributed by atoms with Gasteiger partial charge in [-0.25, -0.2) is 9.37 Å². The largest absolute Gasteiger partial charge is 0.397 e. The van der Waals surface area contributed by atoms with E-state index in [-0.39, 0.29) is 17.4 Å². The number of likely N-dealkylation sites (tertiary alicyclic amines) is 1. The van der Waals surface area contributed by atoms with Crippen LogP contribution < -0.4 is 10.6 Å². The molecule has 35 heavy (non-hydrogen) atoms. The van der Waals surface area contributed by atoms with E-state index in [1.165, 1.54) is 12.1 Å². The van der Waals surface area contributed by atoms with Gasteiger partial charge in [0.15, 0.2) is 5.82 Å². The van der Waals surface area contributed by atoms with E-state index in [4.69, 9.17) is 0 Å². The molecule has 1 aliphatic rings. The van der Waals surface area contributed by atoms with Crippen LogP contribution in [-0.4, -0.2) is 57.4 Å². The molecule has 3 rings (SSSR count). The number of fused-ring (bicyclic) bond motifs is 1. The summed E-state index contributed by atoms with van der Waals surface area (Å²) in [6, 6.07) is 1.99. The van der Waals surface area contributed by atoms with Crippen LogP contribution in [-0.2, 0) is 14.4 Å². The number of benzene rings is 1. The summed E-state index contributed by atoms with van der Waals surface area (Å²) in [7, 11) is 0. The summed E-state index contributed by atoms with van der Waals surface area (Å²) in [5.74, 6) is -3.00. The maximum absolute atomic E-state index is 14.0. The maximum atomic E-state index is 14.0. The molecule has 8 nitrogen and oxygen atoms in total. The molecule has 3 atom stereocenters. The Morgan fingerprint density at radius 2 is 1.97 bits per heavy atom. The van der Waals surface area contributed by atoms with Crippen molar-refractivity contribution in [3.8, 4) is 0 Å². The first-order chi connectivity index (χ1) is 16.5. The molecule has 0 saturated carbocycles. The van der Waals surface area contributed by atoms with E-state index in [2.05, 4.69) is 20.6 Å². The highest BCUT2D eigenvalue weighted by atomic mass is 19.4. The molecule has 0 aliphatic carbocycles. The van der Waals surface area contributed by atoms with Gasteiger partial charge in [0.1, 0.15) is 23.8 Å². The lowest BCUT2D eigenvalue weighted by atomic mass is 9.99. The van der Waals surface area contributed by atoms with Crippen molar-refractivity contribution in [2.75, 3.05) is 6.54 Å². The van der Waals surface area contributed by atoms with Gasteiger partial charge < -0.3 is 20.5 Å². The van der Waals surface area contributed by atoms with Gasteiger partial charge in [0.2, 0.25) is 17.7 Å². The zero-order valence-corrected chi connectivity index (χ0v) is 19.5. The van der Waals surface area contributed by atoms with Crippen molar-refractivity contribution in [1.82, 2.24) is 25.5 Å². The highest BCUT2D eigenvalue weighted by Gasteiger charge is 2.35. The van der Waals surface area contributed by atoms with Gasteiger partial charge in [0.05, 0.1) is 18.0 Å². The molecule has 0 spiro atoms. The number of imidazole rings is 1. The third-order valence-corrected chi connectivity index (χ3v) is 6.06. The Balaban J connectivity index is 1.75. The second-order valence-corrected chi connectivity index (χ2v) is 8.75. The summed E-state index contributed by atoms with van der Waals surface area (Å²) >= 11 is 0. The number of halogens is 4. The van der Waals surface area contributed by atoms with Gasteiger partial charge in [-0.15, -0.1) is 0 Å². The minimum Gasteiger partial charge on any atom is -0.345 e. The quantitative estimate of drug-likeness (QED) is 0.484. The number of hydrogen-bond donors (Lipinski definition) is 3. The molecule has 1 aromatic carbocycles. The number of carbonyl (C=O) groups excluding carboxylic acids is 3. The topological polar surface area (TPSA) is 107 Å². The lowest BCUT2D eigenvalue weighted by molar-refractivity contribution is -0.155. The number of alkyl halides is 3. The van der Waals surface area contributed by atoms with E-state index >= 15 is 0 Å². The number of aromatic amines is 1. The van der Waals surface area contributed by atoms with Crippen LogP contribution in [0.2, 0.25) is 0 Å². The van der Waals surface area contributed by atoms with Crippen molar-refractivity contribution < 1.29 is 31.9 Å². The molecular weight excluding hydrogens is 470 g/mol. The maximum Gasteiger partial charge on any atom is 0.397 e. The van der Waals surface area contributed by atoms with Crippen LogP contribution in [0, 0.1) is 5.82 Å². The molecule has 2 aromatic rings. The zero-order valence-electron chi connectivity index (χ0n) is 19.5. The number of nitrogens with zero attached hydrogens (tertiary/aromatic N) is 2. The van der Waals surface area contributed by atoms with Crippen molar-refractivity contribution in [2.45, 2.75) is 76.7 Å². The fraction of sp³-hybridized carbons (Fsp3) is 0.565. The number of H-pyrrole nitrogens is 1. The average molecular weight is 500 g/mol. The Kier molecular flexibility index (Phi) is 8.34. The first-order valence-corrected chi connectivity index (χ1v) is 11.6. The Morgan fingerprint density at radius 1 is 1.23 bits per heavy atom. The van der Waals surface area contributed by atoms with Crippen LogP contribution in [0.1, 0.15) is 64.2 Å². The molecule has 0 unspecified atom stereocenters. The molecule has 12 heteroatoms. The van der Waals surface area contributed by atoms with E-state index in [9.17, 15) is 31.9 Å². The normalized spacial score (nSPS) is 18.2. The molecule has 0 bridgehead atoms. The summed E-state index contributed by atoms with van der Waals surface area (Å²) in [5, 5.41) is 4.62. The van der Waals surface area contributed by atoms with Gasteiger partial charge in [-0.3, -0.25) is 14.4 Å². The summed E-state index contributed by atoms with van der Waals surface area (Å²) < 4.78 is 52.0. The zero-order chi connectivity index (χ0) is 25.8. The minimum absolute atomic E-state index is 0.0183. The molecule has 2 heterocycles. The number of para-hydroxylation sites is 1. The van der Waals surface area contributed by atoms with E-state index in [0.29, 0.717) is 18.5 Å². The number of aromatic nitrogens is 2. The SMILES string of the molecule is CC[C@H]1CCCCN1C(=O)C[C@H](NC(=O)CC(F)(F)F)C(=O)N[C@@H](C)c1nc2c(F)cccc2[nH]1. The monoisotopic (exact) mass is 499 g/mol. The predicted octanol–water partition coefficient (Wildman–Crippen LogP) is 3.50. The highest BCUT2D eigenvalue weighted by molar-refractivity contribution is 5.92. The summed E-state index contributed by atoms with van der Waals surface area (Å²) in [6.07, 6.45) is -3.75. The van der Waals surface area contributed by atoms with E-state index in [1.54, 1.807) is 17.9 Å². The number of amides is 3.